The molecule has 3 aromatic rings. The summed E-state index contributed by atoms with van der Waals surface area (Å²) >= 11 is 1.26. The highest BCUT2D eigenvalue weighted by Crippen LogP contribution is 2.18. The molecule has 0 aliphatic carbocycles. The minimum absolute atomic E-state index is 0.0684. The minimum atomic E-state index is -0.186. The number of anilines is 1. The molecular formula is C21H19N5O2S. The van der Waals surface area contributed by atoms with E-state index in [1.165, 1.54) is 11.8 Å². The Morgan fingerprint density at radius 3 is 2.45 bits per heavy atom. The largest absolute Gasteiger partial charge is 0.326 e. The fraction of sp³-hybridized carbons (Fsp3) is 0.190. The van der Waals surface area contributed by atoms with Gasteiger partial charge in [-0.05, 0) is 31.2 Å². The van der Waals surface area contributed by atoms with Gasteiger partial charge in [-0.15, -0.1) is 10.2 Å². The van der Waals surface area contributed by atoms with Crippen LogP contribution in [0.25, 0.3) is 0 Å². The highest BCUT2D eigenvalue weighted by atomic mass is 32.2. The van der Waals surface area contributed by atoms with Crippen molar-refractivity contribution in [2.24, 2.45) is 7.05 Å². The third kappa shape index (κ3) is 5.30. The van der Waals surface area contributed by atoms with Gasteiger partial charge in [0.1, 0.15) is 5.82 Å². The Morgan fingerprint density at radius 2 is 1.79 bits per heavy atom. The van der Waals surface area contributed by atoms with Crippen LogP contribution in [-0.2, 0) is 18.3 Å². The summed E-state index contributed by atoms with van der Waals surface area (Å²) < 4.78 is 1.71. The normalized spacial score (nSPS) is 10.4. The van der Waals surface area contributed by atoms with Crippen molar-refractivity contribution in [3.8, 4) is 6.07 Å². The number of ketones is 1. The van der Waals surface area contributed by atoms with Gasteiger partial charge in [0.15, 0.2) is 10.9 Å². The second-order valence-electron chi connectivity index (χ2n) is 6.45. The molecule has 3 rings (SSSR count). The number of nitrogens with zero attached hydrogens (tertiary/aromatic N) is 4. The lowest BCUT2D eigenvalue weighted by molar-refractivity contribution is -0.115. The summed E-state index contributed by atoms with van der Waals surface area (Å²) in [5, 5.41) is 20.4. The van der Waals surface area contributed by atoms with Crippen molar-refractivity contribution in [1.29, 1.82) is 5.26 Å². The van der Waals surface area contributed by atoms with Crippen LogP contribution in [0, 0.1) is 18.3 Å². The van der Waals surface area contributed by atoms with Crippen LogP contribution in [-0.4, -0.2) is 32.2 Å². The van der Waals surface area contributed by atoms with Gasteiger partial charge in [-0.3, -0.25) is 9.59 Å². The zero-order valence-electron chi connectivity index (χ0n) is 16.0. The van der Waals surface area contributed by atoms with Gasteiger partial charge in [0.2, 0.25) is 5.91 Å². The lowest BCUT2D eigenvalue weighted by Crippen LogP contribution is -2.17. The van der Waals surface area contributed by atoms with Gasteiger partial charge in [-0.25, -0.2) is 0 Å². The molecule has 0 saturated heterocycles. The third-order valence-corrected chi connectivity index (χ3v) is 5.27. The molecular weight excluding hydrogens is 386 g/mol. The average Bonchev–Trinajstić information content (AvgIpc) is 3.07. The number of nitrogens with one attached hydrogen (secondary N) is 1. The first kappa shape index (κ1) is 20.3. The summed E-state index contributed by atoms with van der Waals surface area (Å²) in [7, 11) is 1.77. The summed E-state index contributed by atoms with van der Waals surface area (Å²) in [6.07, 6.45) is 0.0848. The number of aromatic nitrogens is 3. The van der Waals surface area contributed by atoms with Gasteiger partial charge in [0, 0.05) is 18.3 Å². The molecule has 0 atom stereocenters. The molecule has 0 aliphatic heterocycles. The van der Waals surface area contributed by atoms with Crippen molar-refractivity contribution in [2.75, 3.05) is 11.1 Å². The molecule has 0 spiro atoms. The van der Waals surface area contributed by atoms with Crippen molar-refractivity contribution in [1.82, 2.24) is 14.8 Å². The van der Waals surface area contributed by atoms with Crippen LogP contribution < -0.4 is 5.32 Å². The maximum absolute atomic E-state index is 12.3. The molecule has 1 aromatic heterocycles. The molecule has 8 heteroatoms. The van der Waals surface area contributed by atoms with E-state index in [1.54, 1.807) is 35.9 Å². The Morgan fingerprint density at radius 1 is 1.10 bits per heavy atom. The topological polar surface area (TPSA) is 101 Å². The number of carbonyl (C=O) groups excluding carboxylic acids is 2. The lowest BCUT2D eigenvalue weighted by Gasteiger charge is -2.06. The molecule has 0 fully saturated rings. The Balaban J connectivity index is 1.57. The molecule has 1 heterocycles. The zero-order valence-corrected chi connectivity index (χ0v) is 16.9. The molecule has 0 radical (unpaired) electrons. The Bertz CT molecular complexity index is 1070. The lowest BCUT2D eigenvalue weighted by atomic mass is 10.1. The first-order valence-electron chi connectivity index (χ1n) is 8.87. The number of nitriles is 1. The van der Waals surface area contributed by atoms with Crippen molar-refractivity contribution in [3.05, 3.63) is 71.0 Å². The van der Waals surface area contributed by atoms with Crippen LogP contribution >= 0.6 is 11.8 Å². The summed E-state index contributed by atoms with van der Waals surface area (Å²) in [4.78, 5) is 24.6. The zero-order chi connectivity index (χ0) is 20.8. The van der Waals surface area contributed by atoms with E-state index in [0.717, 1.165) is 11.3 Å². The maximum Gasteiger partial charge on any atom is 0.232 e. The van der Waals surface area contributed by atoms with Crippen molar-refractivity contribution in [2.45, 2.75) is 18.5 Å². The number of thioether (sulfide) groups is 1. The van der Waals surface area contributed by atoms with Gasteiger partial charge in [0.05, 0.1) is 23.8 Å². The second-order valence-corrected chi connectivity index (χ2v) is 7.39. The molecule has 0 saturated carbocycles. The number of hydrogen-bond donors (Lipinski definition) is 1. The second kappa shape index (κ2) is 9.17. The number of carbonyl (C=O) groups is 2. The smallest absolute Gasteiger partial charge is 0.232 e. The fourth-order valence-electron chi connectivity index (χ4n) is 2.55. The van der Waals surface area contributed by atoms with Crippen LogP contribution in [0.3, 0.4) is 0 Å². The first-order chi connectivity index (χ1) is 14.0. The molecule has 0 bridgehead atoms. The molecule has 1 N–H and O–H groups in total. The number of amides is 1. The van der Waals surface area contributed by atoms with E-state index in [0.29, 0.717) is 22.1 Å². The summed E-state index contributed by atoms with van der Waals surface area (Å²) in [5.41, 5.74) is 2.89. The fourth-order valence-corrected chi connectivity index (χ4v) is 3.38. The molecule has 146 valence electrons. The molecule has 0 aliphatic rings. The van der Waals surface area contributed by atoms with Gasteiger partial charge in [-0.2, -0.15) is 5.26 Å². The number of benzene rings is 2. The highest BCUT2D eigenvalue weighted by Gasteiger charge is 2.15. The van der Waals surface area contributed by atoms with Gasteiger partial charge in [-0.1, -0.05) is 41.6 Å². The Hall–Kier alpha value is -3.44. The Kier molecular flexibility index (Phi) is 6.42. The average molecular weight is 405 g/mol. The number of hydrogen-bond acceptors (Lipinski definition) is 6. The number of aryl methyl sites for hydroxylation is 1. The van der Waals surface area contributed by atoms with E-state index in [1.807, 2.05) is 37.3 Å². The van der Waals surface area contributed by atoms with Crippen molar-refractivity contribution < 1.29 is 9.59 Å². The van der Waals surface area contributed by atoms with E-state index in [4.69, 9.17) is 5.26 Å². The van der Waals surface area contributed by atoms with E-state index in [-0.39, 0.29) is 23.9 Å². The van der Waals surface area contributed by atoms with E-state index < -0.39 is 0 Å². The highest BCUT2D eigenvalue weighted by molar-refractivity contribution is 7.99. The predicted octanol–water partition coefficient (Wildman–Crippen LogP) is 3.15. The van der Waals surface area contributed by atoms with Crippen LogP contribution in [0.5, 0.6) is 0 Å². The molecule has 7 nitrogen and oxygen atoms in total. The van der Waals surface area contributed by atoms with Crippen LogP contribution in [0.2, 0.25) is 0 Å². The summed E-state index contributed by atoms with van der Waals surface area (Å²) in [6, 6.07) is 16.1. The van der Waals surface area contributed by atoms with Crippen LogP contribution in [0.1, 0.15) is 27.3 Å². The molecule has 29 heavy (non-hydrogen) atoms. The predicted molar refractivity (Wildman–Crippen MR) is 111 cm³/mol. The van der Waals surface area contributed by atoms with Gasteiger partial charge in [0.25, 0.3) is 0 Å². The quantitative estimate of drug-likeness (QED) is 0.479. The SMILES string of the molecule is Cc1ccc(NC(=O)Cc2nnc(SCC(=O)c3ccc(C#N)cc3)n2C)cc1. The van der Waals surface area contributed by atoms with Gasteiger partial charge < -0.3 is 9.88 Å². The van der Waals surface area contributed by atoms with Crippen molar-refractivity contribution in [3.63, 3.8) is 0 Å². The minimum Gasteiger partial charge on any atom is -0.326 e. The number of rotatable bonds is 7. The van der Waals surface area contributed by atoms with Gasteiger partial charge >= 0.3 is 0 Å². The van der Waals surface area contributed by atoms with Crippen LogP contribution in [0.4, 0.5) is 5.69 Å². The maximum atomic E-state index is 12.3. The first-order valence-corrected chi connectivity index (χ1v) is 9.86. The Labute approximate surface area is 172 Å². The summed E-state index contributed by atoms with van der Waals surface area (Å²) in [6.45, 7) is 1.98. The molecule has 0 unspecified atom stereocenters. The number of Topliss-reactive ketones (excluding diaryl/α,β-unsaturated/α-hetero) is 1. The molecule has 1 amide bonds. The van der Waals surface area contributed by atoms with E-state index in [2.05, 4.69) is 15.5 Å². The van der Waals surface area contributed by atoms with E-state index in [9.17, 15) is 9.59 Å². The van der Waals surface area contributed by atoms with E-state index >= 15 is 0 Å². The monoisotopic (exact) mass is 405 g/mol. The van der Waals surface area contributed by atoms with Crippen molar-refractivity contribution >= 4 is 29.1 Å². The third-order valence-electron chi connectivity index (χ3n) is 4.25. The van der Waals surface area contributed by atoms with Crippen LogP contribution in [0.15, 0.2) is 53.7 Å². The summed E-state index contributed by atoms with van der Waals surface area (Å²) in [5.74, 6) is 0.451. The molecule has 2 aromatic carbocycles. The standard InChI is InChI=1S/C21H19N5O2S/c1-14-3-9-17(10-4-14)23-20(28)11-19-24-25-21(26(19)2)29-13-18(27)16-7-5-15(12-22)6-8-16/h3-10H,11,13H2,1-2H3,(H,23,28).